The average molecular weight is 463 g/mol. The second kappa shape index (κ2) is 9.10. The monoisotopic (exact) mass is 463 g/mol. The first-order valence-electron chi connectivity index (χ1n) is 8.94. The van der Waals surface area contributed by atoms with Crippen LogP contribution in [0.1, 0.15) is 0 Å². The number of sulfonamides is 1. The van der Waals surface area contributed by atoms with Gasteiger partial charge in [-0.15, -0.1) is 13.2 Å². The molecule has 1 aromatic heterocycles. The molecule has 0 aliphatic heterocycles. The highest BCUT2D eigenvalue weighted by molar-refractivity contribution is 7.92. The molecule has 0 saturated carbocycles. The predicted octanol–water partition coefficient (Wildman–Crippen LogP) is 4.57. The van der Waals surface area contributed by atoms with E-state index in [1.54, 1.807) is 12.1 Å². The Morgan fingerprint density at radius 2 is 1.84 bits per heavy atom. The van der Waals surface area contributed by atoms with E-state index in [0.29, 0.717) is 5.56 Å². The van der Waals surface area contributed by atoms with Gasteiger partial charge in [0.15, 0.2) is 5.75 Å². The number of hydrogen-bond donors (Lipinski definition) is 2. The zero-order chi connectivity index (χ0) is 23.4. The summed E-state index contributed by atoms with van der Waals surface area (Å²) in [7, 11) is -4.38. The summed E-state index contributed by atoms with van der Waals surface area (Å²) in [5.74, 6) is -1.21. The van der Waals surface area contributed by atoms with Gasteiger partial charge in [-0.3, -0.25) is 14.5 Å². The first-order valence-corrected chi connectivity index (χ1v) is 10.4. The Labute approximate surface area is 181 Å². The summed E-state index contributed by atoms with van der Waals surface area (Å²) in [5.41, 5.74) is 0.462. The summed E-state index contributed by atoms with van der Waals surface area (Å²) in [6.45, 7) is 3.35. The van der Waals surface area contributed by atoms with Gasteiger partial charge in [-0.1, -0.05) is 24.8 Å². The molecule has 0 atom stereocenters. The van der Waals surface area contributed by atoms with Crippen LogP contribution in [-0.4, -0.2) is 25.7 Å². The number of rotatable bonds is 7. The van der Waals surface area contributed by atoms with Crippen molar-refractivity contribution >= 4 is 27.3 Å². The van der Waals surface area contributed by atoms with Crippen molar-refractivity contribution in [2.45, 2.75) is 11.3 Å². The number of amides is 1. The normalized spacial score (nSPS) is 11.5. The minimum absolute atomic E-state index is 0.168. The molecule has 2 aromatic carbocycles. The van der Waals surface area contributed by atoms with Crippen molar-refractivity contribution in [2.75, 3.05) is 10.0 Å². The van der Waals surface area contributed by atoms with Gasteiger partial charge >= 0.3 is 6.36 Å². The van der Waals surface area contributed by atoms with E-state index in [4.69, 9.17) is 0 Å². The van der Waals surface area contributed by atoms with Gasteiger partial charge in [-0.25, -0.2) is 8.42 Å². The summed E-state index contributed by atoms with van der Waals surface area (Å²) in [6, 6.07) is 11.9. The number of ether oxygens (including phenoxy) is 1. The van der Waals surface area contributed by atoms with Crippen molar-refractivity contribution in [3.05, 3.63) is 79.6 Å². The van der Waals surface area contributed by atoms with Crippen molar-refractivity contribution in [1.29, 1.82) is 0 Å². The summed E-state index contributed by atoms with van der Waals surface area (Å²) in [5, 5.41) is 2.53. The van der Waals surface area contributed by atoms with Crippen molar-refractivity contribution in [3.63, 3.8) is 0 Å². The minimum Gasteiger partial charge on any atom is -0.404 e. The first-order chi connectivity index (χ1) is 15.1. The van der Waals surface area contributed by atoms with Crippen LogP contribution in [-0.2, 0) is 14.8 Å². The van der Waals surface area contributed by atoms with Crippen LogP contribution < -0.4 is 14.8 Å². The van der Waals surface area contributed by atoms with Gasteiger partial charge in [0.1, 0.15) is 0 Å². The summed E-state index contributed by atoms with van der Waals surface area (Å²) >= 11 is 0. The van der Waals surface area contributed by atoms with Gasteiger partial charge in [0.25, 0.3) is 10.0 Å². The number of halogens is 3. The highest BCUT2D eigenvalue weighted by atomic mass is 32.2. The lowest BCUT2D eigenvalue weighted by Crippen LogP contribution is -2.20. The molecule has 2 N–H and O–H groups in total. The fourth-order valence-electron chi connectivity index (χ4n) is 2.75. The predicted molar refractivity (Wildman–Crippen MR) is 112 cm³/mol. The molecule has 11 heteroatoms. The van der Waals surface area contributed by atoms with E-state index < -0.39 is 33.7 Å². The number of alkyl halides is 3. The zero-order valence-electron chi connectivity index (χ0n) is 16.3. The van der Waals surface area contributed by atoms with E-state index in [1.807, 2.05) is 0 Å². The van der Waals surface area contributed by atoms with Crippen LogP contribution in [0.4, 0.5) is 24.5 Å². The standard InChI is InChI=1S/C21H16F3N3O4S/c1-2-20(28)26-15-9-10-19(16(12-15)14-6-5-11-25-13-14)32(29,30)27-17-7-3-4-8-18(17)31-21(22,23)24/h2-13,27H,1H2,(H,26,28). The van der Waals surface area contributed by atoms with Gasteiger partial charge < -0.3 is 10.1 Å². The number of carbonyl (C=O) groups is 1. The lowest BCUT2D eigenvalue weighted by atomic mass is 10.1. The average Bonchev–Trinajstić information content (AvgIpc) is 2.74. The van der Waals surface area contributed by atoms with Crippen LogP contribution in [0, 0.1) is 0 Å². The van der Waals surface area contributed by atoms with Crippen molar-refractivity contribution in [1.82, 2.24) is 4.98 Å². The van der Waals surface area contributed by atoms with E-state index in [2.05, 4.69) is 26.3 Å². The Morgan fingerprint density at radius 1 is 1.09 bits per heavy atom. The molecule has 1 heterocycles. The van der Waals surface area contributed by atoms with Crippen LogP contribution in [0.25, 0.3) is 11.1 Å². The fraction of sp³-hybridized carbons (Fsp3) is 0.0476. The van der Waals surface area contributed by atoms with Crippen LogP contribution >= 0.6 is 0 Å². The summed E-state index contributed by atoms with van der Waals surface area (Å²) in [4.78, 5) is 15.3. The maximum atomic E-state index is 13.1. The number of benzene rings is 2. The molecule has 3 aromatic rings. The van der Waals surface area contributed by atoms with Crippen LogP contribution in [0.3, 0.4) is 0 Å². The van der Waals surface area contributed by atoms with E-state index in [0.717, 1.165) is 18.2 Å². The Bertz CT molecular complexity index is 1250. The molecular formula is C21H16F3N3O4S. The van der Waals surface area contributed by atoms with E-state index >= 15 is 0 Å². The number of hydrogen-bond acceptors (Lipinski definition) is 5. The molecule has 0 fully saturated rings. The number of nitrogens with zero attached hydrogens (tertiary/aromatic N) is 1. The van der Waals surface area contributed by atoms with Gasteiger partial charge in [0, 0.05) is 29.2 Å². The molecule has 0 unspecified atom stereocenters. The Kier molecular flexibility index (Phi) is 6.49. The molecule has 1 amide bonds. The van der Waals surface area contributed by atoms with E-state index in [1.165, 1.54) is 42.7 Å². The molecule has 0 aliphatic carbocycles. The largest absolute Gasteiger partial charge is 0.573 e. The van der Waals surface area contributed by atoms with Crippen LogP contribution in [0.15, 0.2) is 84.5 Å². The van der Waals surface area contributed by atoms with Crippen molar-refractivity contribution < 1.29 is 31.1 Å². The van der Waals surface area contributed by atoms with Gasteiger partial charge in [-0.05, 0) is 42.5 Å². The zero-order valence-corrected chi connectivity index (χ0v) is 17.1. The number of carbonyl (C=O) groups excluding carboxylic acids is 1. The second-order valence-electron chi connectivity index (χ2n) is 6.30. The molecule has 32 heavy (non-hydrogen) atoms. The highest BCUT2D eigenvalue weighted by Crippen LogP contribution is 2.34. The third-order valence-corrected chi connectivity index (χ3v) is 5.48. The molecule has 0 bridgehead atoms. The Morgan fingerprint density at radius 3 is 2.50 bits per heavy atom. The number of pyridine rings is 1. The molecule has 166 valence electrons. The van der Waals surface area contributed by atoms with E-state index in [-0.39, 0.29) is 16.1 Å². The summed E-state index contributed by atoms with van der Waals surface area (Å²) < 4.78 is 70.4. The quantitative estimate of drug-likeness (QED) is 0.500. The molecular weight excluding hydrogens is 447 g/mol. The van der Waals surface area contributed by atoms with Gasteiger partial charge in [-0.2, -0.15) is 0 Å². The fourth-order valence-corrected chi connectivity index (χ4v) is 4.03. The number of anilines is 2. The third-order valence-electron chi connectivity index (χ3n) is 4.05. The molecule has 0 radical (unpaired) electrons. The lowest BCUT2D eigenvalue weighted by Gasteiger charge is -2.17. The maximum Gasteiger partial charge on any atom is 0.573 e. The highest BCUT2D eigenvalue weighted by Gasteiger charge is 2.33. The molecule has 0 aliphatic rings. The van der Waals surface area contributed by atoms with Crippen LogP contribution in [0.2, 0.25) is 0 Å². The van der Waals surface area contributed by atoms with Crippen molar-refractivity contribution in [3.8, 4) is 16.9 Å². The molecule has 0 saturated heterocycles. The number of nitrogens with one attached hydrogen (secondary N) is 2. The topological polar surface area (TPSA) is 97.4 Å². The second-order valence-corrected chi connectivity index (χ2v) is 7.95. The molecule has 0 spiro atoms. The lowest BCUT2D eigenvalue weighted by molar-refractivity contribution is -0.274. The molecule has 3 rings (SSSR count). The summed E-state index contributed by atoms with van der Waals surface area (Å²) in [6.07, 6.45) is -1.06. The molecule has 7 nitrogen and oxygen atoms in total. The van der Waals surface area contributed by atoms with Gasteiger partial charge in [0.05, 0.1) is 10.6 Å². The first kappa shape index (κ1) is 22.8. The Hall–Kier alpha value is -3.86. The van der Waals surface area contributed by atoms with E-state index in [9.17, 15) is 26.4 Å². The minimum atomic E-state index is -5.01. The Balaban J connectivity index is 2.06. The van der Waals surface area contributed by atoms with Crippen molar-refractivity contribution in [2.24, 2.45) is 0 Å². The number of para-hydroxylation sites is 2. The van der Waals surface area contributed by atoms with Gasteiger partial charge in [0.2, 0.25) is 5.91 Å². The van der Waals surface area contributed by atoms with Crippen LogP contribution in [0.5, 0.6) is 5.75 Å². The number of aromatic nitrogens is 1. The SMILES string of the molecule is C=CC(=O)Nc1ccc(S(=O)(=O)Nc2ccccc2OC(F)(F)F)c(-c2cccnc2)c1. The smallest absolute Gasteiger partial charge is 0.404 e. The third kappa shape index (κ3) is 5.64. The maximum absolute atomic E-state index is 13.1.